The third-order valence-electron chi connectivity index (χ3n) is 4.09. The number of hydrogen-bond acceptors (Lipinski definition) is 4. The Morgan fingerprint density at radius 2 is 2.10 bits per heavy atom. The quantitative estimate of drug-likeness (QED) is 0.890. The minimum atomic E-state index is -0.420. The molecule has 3 rings (SSSR count). The molecule has 1 aromatic carbocycles. The van der Waals surface area contributed by atoms with Gasteiger partial charge in [-0.1, -0.05) is 18.2 Å². The molecule has 2 atom stereocenters. The third kappa shape index (κ3) is 2.85. The summed E-state index contributed by atoms with van der Waals surface area (Å²) >= 11 is 1.79. The van der Waals surface area contributed by atoms with Crippen molar-refractivity contribution < 1.29 is 9.53 Å². The van der Waals surface area contributed by atoms with Crippen LogP contribution in [0.4, 0.5) is 0 Å². The van der Waals surface area contributed by atoms with E-state index in [-0.39, 0.29) is 17.9 Å². The Morgan fingerprint density at radius 3 is 2.90 bits per heavy atom. The largest absolute Gasteiger partial charge is 0.381 e. The highest BCUT2D eigenvalue weighted by Crippen LogP contribution is 2.37. The van der Waals surface area contributed by atoms with Crippen molar-refractivity contribution in [2.24, 2.45) is 11.7 Å². The van der Waals surface area contributed by atoms with Crippen LogP contribution in [0.3, 0.4) is 0 Å². The van der Waals surface area contributed by atoms with Gasteiger partial charge >= 0.3 is 0 Å². The zero-order valence-electron chi connectivity index (χ0n) is 11.4. The first-order valence-corrected chi connectivity index (χ1v) is 8.09. The second kappa shape index (κ2) is 6.16. The highest BCUT2D eigenvalue weighted by molar-refractivity contribution is 7.99. The van der Waals surface area contributed by atoms with E-state index in [0.717, 1.165) is 18.6 Å². The number of benzene rings is 1. The van der Waals surface area contributed by atoms with Crippen molar-refractivity contribution in [3.63, 3.8) is 0 Å². The normalized spacial score (nSPS) is 24.1. The van der Waals surface area contributed by atoms with Crippen molar-refractivity contribution in [1.82, 2.24) is 5.32 Å². The molecule has 1 aromatic rings. The minimum Gasteiger partial charge on any atom is -0.381 e. The SMILES string of the molecule is NC(C(=O)NC1CSc2ccccc21)C1CCOCC1. The first kappa shape index (κ1) is 13.9. The van der Waals surface area contributed by atoms with Gasteiger partial charge in [0.05, 0.1) is 12.1 Å². The molecule has 0 radical (unpaired) electrons. The molecule has 2 heterocycles. The maximum atomic E-state index is 12.3. The lowest BCUT2D eigenvalue weighted by Crippen LogP contribution is -2.48. The average Bonchev–Trinajstić information content (AvgIpc) is 2.91. The molecule has 2 aliphatic rings. The van der Waals surface area contributed by atoms with Crippen LogP contribution < -0.4 is 11.1 Å². The fourth-order valence-electron chi connectivity index (χ4n) is 2.84. The van der Waals surface area contributed by atoms with E-state index in [9.17, 15) is 4.79 Å². The number of nitrogens with one attached hydrogen (secondary N) is 1. The van der Waals surface area contributed by atoms with E-state index in [1.54, 1.807) is 11.8 Å². The molecule has 1 fully saturated rings. The zero-order valence-corrected chi connectivity index (χ0v) is 12.2. The first-order chi connectivity index (χ1) is 9.75. The summed E-state index contributed by atoms with van der Waals surface area (Å²) in [7, 11) is 0. The van der Waals surface area contributed by atoms with Gasteiger partial charge in [0.15, 0.2) is 0 Å². The van der Waals surface area contributed by atoms with Gasteiger partial charge in [-0.2, -0.15) is 0 Å². The summed E-state index contributed by atoms with van der Waals surface area (Å²) in [4.78, 5) is 13.6. The van der Waals surface area contributed by atoms with Crippen molar-refractivity contribution >= 4 is 17.7 Å². The first-order valence-electron chi connectivity index (χ1n) is 7.11. The van der Waals surface area contributed by atoms with Crippen molar-refractivity contribution in [2.45, 2.75) is 29.8 Å². The molecule has 2 unspecified atom stereocenters. The Hall–Kier alpha value is -1.04. The van der Waals surface area contributed by atoms with E-state index in [0.29, 0.717) is 13.2 Å². The number of carbonyl (C=O) groups excluding carboxylic acids is 1. The van der Waals surface area contributed by atoms with Crippen LogP contribution in [0.5, 0.6) is 0 Å². The van der Waals surface area contributed by atoms with Crippen LogP contribution in [0.1, 0.15) is 24.4 Å². The summed E-state index contributed by atoms with van der Waals surface area (Å²) in [6, 6.07) is 7.91. The summed E-state index contributed by atoms with van der Waals surface area (Å²) in [5.74, 6) is 1.11. The van der Waals surface area contributed by atoms with Crippen LogP contribution >= 0.6 is 11.8 Å². The Bertz CT molecular complexity index is 489. The van der Waals surface area contributed by atoms with Crippen LogP contribution in [0.2, 0.25) is 0 Å². The van der Waals surface area contributed by atoms with Crippen molar-refractivity contribution in [3.8, 4) is 0 Å². The number of thioether (sulfide) groups is 1. The van der Waals surface area contributed by atoms with E-state index in [2.05, 4.69) is 17.4 Å². The Labute approximate surface area is 123 Å². The van der Waals surface area contributed by atoms with Gasteiger partial charge in [-0.15, -0.1) is 11.8 Å². The molecule has 3 N–H and O–H groups in total. The fourth-order valence-corrected chi connectivity index (χ4v) is 4.00. The van der Waals surface area contributed by atoms with Gasteiger partial charge < -0.3 is 15.8 Å². The van der Waals surface area contributed by atoms with Crippen LogP contribution in [0.25, 0.3) is 0 Å². The maximum absolute atomic E-state index is 12.3. The molecule has 5 heteroatoms. The van der Waals surface area contributed by atoms with E-state index < -0.39 is 6.04 Å². The molecule has 0 aromatic heterocycles. The lowest BCUT2D eigenvalue weighted by molar-refractivity contribution is -0.125. The molecule has 1 amide bonds. The van der Waals surface area contributed by atoms with Crippen LogP contribution in [0.15, 0.2) is 29.2 Å². The van der Waals surface area contributed by atoms with Gasteiger partial charge in [0.1, 0.15) is 0 Å². The predicted octanol–water partition coefficient (Wildman–Crippen LogP) is 1.70. The van der Waals surface area contributed by atoms with Crippen LogP contribution in [0, 0.1) is 5.92 Å². The number of hydrogen-bond donors (Lipinski definition) is 2. The topological polar surface area (TPSA) is 64.4 Å². The highest BCUT2D eigenvalue weighted by Gasteiger charge is 2.30. The summed E-state index contributed by atoms with van der Waals surface area (Å²) in [6.45, 7) is 1.43. The van der Waals surface area contributed by atoms with E-state index in [1.807, 2.05) is 12.1 Å². The molecule has 20 heavy (non-hydrogen) atoms. The molecule has 2 aliphatic heterocycles. The standard InChI is InChI=1S/C15H20N2O2S/c16-14(10-5-7-19-8-6-10)15(18)17-12-9-20-13-4-2-1-3-11(12)13/h1-4,10,12,14H,5-9,16H2,(H,17,18). The summed E-state index contributed by atoms with van der Waals surface area (Å²) in [6.07, 6.45) is 1.76. The molecule has 0 saturated carbocycles. The van der Waals surface area contributed by atoms with Crippen molar-refractivity contribution in [2.75, 3.05) is 19.0 Å². The Balaban J connectivity index is 1.62. The summed E-state index contributed by atoms with van der Waals surface area (Å²) < 4.78 is 5.32. The fraction of sp³-hybridized carbons (Fsp3) is 0.533. The molecule has 1 saturated heterocycles. The third-order valence-corrected chi connectivity index (χ3v) is 5.28. The molecular formula is C15H20N2O2S. The molecular weight excluding hydrogens is 272 g/mol. The van der Waals surface area contributed by atoms with Gasteiger partial charge in [0.25, 0.3) is 0 Å². The van der Waals surface area contributed by atoms with Crippen LogP contribution in [-0.2, 0) is 9.53 Å². The number of ether oxygens (including phenoxy) is 1. The zero-order chi connectivity index (χ0) is 13.9. The number of nitrogens with two attached hydrogens (primary N) is 1. The summed E-state index contributed by atoms with van der Waals surface area (Å²) in [5.41, 5.74) is 7.33. The number of carbonyl (C=O) groups is 1. The Morgan fingerprint density at radius 1 is 1.35 bits per heavy atom. The second-order valence-corrected chi connectivity index (χ2v) is 6.45. The van der Waals surface area contributed by atoms with Gasteiger partial charge in [0, 0.05) is 23.9 Å². The maximum Gasteiger partial charge on any atom is 0.237 e. The lowest BCUT2D eigenvalue weighted by Gasteiger charge is -2.27. The van der Waals surface area contributed by atoms with E-state index in [1.165, 1.54) is 10.5 Å². The molecule has 4 nitrogen and oxygen atoms in total. The summed E-state index contributed by atoms with van der Waals surface area (Å²) in [5, 5.41) is 3.11. The van der Waals surface area contributed by atoms with E-state index in [4.69, 9.17) is 10.5 Å². The van der Waals surface area contributed by atoms with Crippen molar-refractivity contribution in [1.29, 1.82) is 0 Å². The smallest absolute Gasteiger partial charge is 0.237 e. The average molecular weight is 292 g/mol. The Kier molecular flexibility index (Phi) is 4.29. The molecule has 0 spiro atoms. The van der Waals surface area contributed by atoms with Gasteiger partial charge in [-0.25, -0.2) is 0 Å². The lowest BCUT2D eigenvalue weighted by atomic mass is 9.91. The monoisotopic (exact) mass is 292 g/mol. The van der Waals surface area contributed by atoms with Gasteiger partial charge in [0.2, 0.25) is 5.91 Å². The second-order valence-electron chi connectivity index (χ2n) is 5.39. The van der Waals surface area contributed by atoms with Gasteiger partial charge in [-0.3, -0.25) is 4.79 Å². The molecule has 0 aliphatic carbocycles. The number of amides is 1. The minimum absolute atomic E-state index is 0.0285. The van der Waals surface area contributed by atoms with Crippen LogP contribution in [-0.4, -0.2) is 30.9 Å². The molecule has 108 valence electrons. The van der Waals surface area contributed by atoms with Crippen molar-refractivity contribution in [3.05, 3.63) is 29.8 Å². The van der Waals surface area contributed by atoms with Gasteiger partial charge in [-0.05, 0) is 30.4 Å². The van der Waals surface area contributed by atoms with E-state index >= 15 is 0 Å². The number of fused-ring (bicyclic) bond motifs is 1. The highest BCUT2D eigenvalue weighted by atomic mass is 32.2. The predicted molar refractivity (Wildman–Crippen MR) is 79.6 cm³/mol. The number of rotatable bonds is 3. The molecule has 0 bridgehead atoms.